The summed E-state index contributed by atoms with van der Waals surface area (Å²) < 4.78 is 11.2. The summed E-state index contributed by atoms with van der Waals surface area (Å²) in [6.45, 7) is 6.30. The van der Waals surface area contributed by atoms with E-state index in [0.717, 1.165) is 69.1 Å². The molecule has 2 fully saturated rings. The molecule has 0 saturated carbocycles. The van der Waals surface area contributed by atoms with Gasteiger partial charge < -0.3 is 14.8 Å². The van der Waals surface area contributed by atoms with Crippen LogP contribution in [0.3, 0.4) is 0 Å². The standard InChI is InChI=1S/C18H24N4O2/c1-4-19-11-15-16(1)20-5-2-17(15)21-12-18(14-3-8-24-13-14)22-6-9-23-10-7-22/h1-2,4-5,11,14,18H,3,6-10,12-13H2,(H,20,21)/t14-,18+/m0/s1. The Morgan fingerprint density at radius 2 is 2.08 bits per heavy atom. The number of aromatic nitrogens is 2. The van der Waals surface area contributed by atoms with Crippen LogP contribution in [0.5, 0.6) is 0 Å². The van der Waals surface area contributed by atoms with Crippen molar-refractivity contribution in [2.75, 3.05) is 51.4 Å². The van der Waals surface area contributed by atoms with Gasteiger partial charge in [-0.15, -0.1) is 0 Å². The van der Waals surface area contributed by atoms with Gasteiger partial charge in [-0.25, -0.2) is 0 Å². The van der Waals surface area contributed by atoms with Crippen LogP contribution in [0.4, 0.5) is 5.69 Å². The van der Waals surface area contributed by atoms with E-state index in [1.54, 1.807) is 6.20 Å². The first-order valence-electron chi connectivity index (χ1n) is 8.74. The van der Waals surface area contributed by atoms with Gasteiger partial charge in [-0.05, 0) is 18.6 Å². The second kappa shape index (κ2) is 7.42. The highest BCUT2D eigenvalue weighted by atomic mass is 16.5. The first-order valence-corrected chi connectivity index (χ1v) is 8.74. The highest BCUT2D eigenvalue weighted by molar-refractivity contribution is 5.90. The Hall–Kier alpha value is -1.76. The largest absolute Gasteiger partial charge is 0.383 e. The van der Waals surface area contributed by atoms with Crippen molar-refractivity contribution in [3.05, 3.63) is 30.7 Å². The van der Waals surface area contributed by atoms with E-state index < -0.39 is 0 Å². The summed E-state index contributed by atoms with van der Waals surface area (Å²) in [5, 5.41) is 4.72. The Kier molecular flexibility index (Phi) is 4.87. The molecule has 2 aromatic rings. The van der Waals surface area contributed by atoms with Gasteiger partial charge in [0, 0.05) is 67.9 Å². The number of rotatable bonds is 5. The molecule has 2 aliphatic rings. The van der Waals surface area contributed by atoms with E-state index in [4.69, 9.17) is 9.47 Å². The highest BCUT2D eigenvalue weighted by Crippen LogP contribution is 2.25. The molecule has 2 saturated heterocycles. The van der Waals surface area contributed by atoms with E-state index in [-0.39, 0.29) is 0 Å². The van der Waals surface area contributed by atoms with E-state index in [1.807, 2.05) is 24.5 Å². The van der Waals surface area contributed by atoms with Crippen molar-refractivity contribution in [3.8, 4) is 0 Å². The van der Waals surface area contributed by atoms with E-state index in [2.05, 4.69) is 20.2 Å². The van der Waals surface area contributed by atoms with Crippen LogP contribution in [0, 0.1) is 5.92 Å². The predicted molar refractivity (Wildman–Crippen MR) is 93.1 cm³/mol. The molecular weight excluding hydrogens is 304 g/mol. The van der Waals surface area contributed by atoms with Crippen molar-refractivity contribution in [1.29, 1.82) is 0 Å². The highest BCUT2D eigenvalue weighted by Gasteiger charge is 2.31. The van der Waals surface area contributed by atoms with Gasteiger partial charge in [-0.1, -0.05) is 0 Å². The topological polar surface area (TPSA) is 59.5 Å². The van der Waals surface area contributed by atoms with Crippen LogP contribution in [-0.4, -0.2) is 67.0 Å². The lowest BCUT2D eigenvalue weighted by molar-refractivity contribution is 0.00462. The minimum Gasteiger partial charge on any atom is -0.383 e. The van der Waals surface area contributed by atoms with Crippen molar-refractivity contribution in [2.24, 2.45) is 5.92 Å². The quantitative estimate of drug-likeness (QED) is 0.903. The molecule has 0 aromatic carbocycles. The fourth-order valence-corrected chi connectivity index (χ4v) is 3.72. The van der Waals surface area contributed by atoms with Crippen LogP contribution in [-0.2, 0) is 9.47 Å². The molecule has 0 bridgehead atoms. The molecule has 2 atom stereocenters. The van der Waals surface area contributed by atoms with Crippen LogP contribution in [0.25, 0.3) is 10.9 Å². The zero-order chi connectivity index (χ0) is 16.2. The Morgan fingerprint density at radius 1 is 1.17 bits per heavy atom. The Morgan fingerprint density at radius 3 is 2.92 bits per heavy atom. The average Bonchev–Trinajstić information content (AvgIpc) is 3.17. The monoisotopic (exact) mass is 328 g/mol. The van der Waals surface area contributed by atoms with Crippen LogP contribution in [0.15, 0.2) is 30.7 Å². The first-order chi connectivity index (χ1) is 11.9. The molecule has 1 N–H and O–H groups in total. The van der Waals surface area contributed by atoms with Crippen LogP contribution >= 0.6 is 0 Å². The van der Waals surface area contributed by atoms with Crippen molar-refractivity contribution in [2.45, 2.75) is 12.5 Å². The van der Waals surface area contributed by atoms with Gasteiger partial charge in [-0.2, -0.15) is 0 Å². The molecule has 4 heterocycles. The fraction of sp³-hybridized carbons (Fsp3) is 0.556. The molecule has 0 unspecified atom stereocenters. The third-order valence-corrected chi connectivity index (χ3v) is 5.07. The lowest BCUT2D eigenvalue weighted by Gasteiger charge is -2.37. The number of nitrogens with zero attached hydrogens (tertiary/aromatic N) is 3. The van der Waals surface area contributed by atoms with Gasteiger partial charge >= 0.3 is 0 Å². The number of hydrogen-bond donors (Lipinski definition) is 1. The molecule has 4 rings (SSSR count). The van der Waals surface area contributed by atoms with Gasteiger partial charge in [0.05, 0.1) is 25.3 Å². The maximum absolute atomic E-state index is 5.65. The zero-order valence-electron chi connectivity index (χ0n) is 13.9. The molecule has 0 aliphatic carbocycles. The molecule has 0 spiro atoms. The summed E-state index contributed by atoms with van der Waals surface area (Å²) in [6, 6.07) is 4.45. The Balaban J connectivity index is 1.51. The van der Waals surface area contributed by atoms with Crippen molar-refractivity contribution in [3.63, 3.8) is 0 Å². The van der Waals surface area contributed by atoms with Crippen molar-refractivity contribution in [1.82, 2.24) is 14.9 Å². The van der Waals surface area contributed by atoms with Crippen molar-refractivity contribution < 1.29 is 9.47 Å². The normalized spacial score (nSPS) is 23.4. The van der Waals surface area contributed by atoms with E-state index in [0.29, 0.717) is 12.0 Å². The summed E-state index contributed by atoms with van der Waals surface area (Å²) in [7, 11) is 0. The van der Waals surface area contributed by atoms with Gasteiger partial charge in [0.25, 0.3) is 0 Å². The summed E-state index contributed by atoms with van der Waals surface area (Å²) in [5.74, 6) is 0.585. The molecule has 6 heteroatoms. The van der Waals surface area contributed by atoms with Gasteiger partial charge in [0.2, 0.25) is 0 Å². The maximum Gasteiger partial charge on any atom is 0.0753 e. The second-order valence-corrected chi connectivity index (χ2v) is 6.47. The lowest BCUT2D eigenvalue weighted by atomic mass is 9.96. The maximum atomic E-state index is 5.65. The third kappa shape index (κ3) is 3.36. The fourth-order valence-electron chi connectivity index (χ4n) is 3.72. The molecule has 2 aromatic heterocycles. The number of ether oxygens (including phenoxy) is 2. The number of fused-ring (bicyclic) bond motifs is 1. The molecule has 24 heavy (non-hydrogen) atoms. The van der Waals surface area contributed by atoms with Gasteiger partial charge in [-0.3, -0.25) is 14.9 Å². The first kappa shape index (κ1) is 15.7. The molecular formula is C18H24N4O2. The van der Waals surface area contributed by atoms with Crippen LogP contribution < -0.4 is 5.32 Å². The summed E-state index contributed by atoms with van der Waals surface area (Å²) in [4.78, 5) is 11.2. The Labute approximate surface area is 142 Å². The van der Waals surface area contributed by atoms with Crippen molar-refractivity contribution >= 4 is 16.6 Å². The number of hydrogen-bond acceptors (Lipinski definition) is 6. The lowest BCUT2D eigenvalue weighted by Crippen LogP contribution is -2.50. The SMILES string of the molecule is c1cc2nccc(NC[C@H]([C@H]3CCOC3)N3CCOCC3)c2cn1. The predicted octanol–water partition coefficient (Wildman–Crippen LogP) is 1.78. The number of anilines is 1. The average molecular weight is 328 g/mol. The summed E-state index contributed by atoms with van der Waals surface area (Å²) in [5.41, 5.74) is 2.08. The number of nitrogens with one attached hydrogen (secondary N) is 1. The van der Waals surface area contributed by atoms with E-state index in [1.165, 1.54) is 0 Å². The number of morpholine rings is 1. The van der Waals surface area contributed by atoms with E-state index >= 15 is 0 Å². The summed E-state index contributed by atoms with van der Waals surface area (Å²) >= 11 is 0. The molecule has 0 amide bonds. The minimum atomic E-state index is 0.469. The second-order valence-electron chi connectivity index (χ2n) is 6.47. The van der Waals surface area contributed by atoms with E-state index in [9.17, 15) is 0 Å². The number of pyridine rings is 2. The third-order valence-electron chi connectivity index (χ3n) is 5.07. The van der Waals surface area contributed by atoms with Gasteiger partial charge in [0.1, 0.15) is 0 Å². The molecule has 6 nitrogen and oxygen atoms in total. The zero-order valence-corrected chi connectivity index (χ0v) is 13.9. The van der Waals surface area contributed by atoms with Crippen LogP contribution in [0.1, 0.15) is 6.42 Å². The molecule has 2 aliphatic heterocycles. The van der Waals surface area contributed by atoms with Crippen LogP contribution in [0.2, 0.25) is 0 Å². The van der Waals surface area contributed by atoms with Gasteiger partial charge in [0.15, 0.2) is 0 Å². The smallest absolute Gasteiger partial charge is 0.0753 e. The molecule has 128 valence electrons. The Bertz CT molecular complexity index is 664. The molecule has 0 radical (unpaired) electrons. The summed E-state index contributed by atoms with van der Waals surface area (Å²) in [6.07, 6.45) is 6.66. The minimum absolute atomic E-state index is 0.469.